The standard InChI is InChI=1S/C17H24O2/c1-12(9-17(2,3)4)7-16(18)13-5-6-14-10-19-11-15(14)8-13/h5-6,8,12H,7,9-11H2,1-4H3. The third-order valence-corrected chi connectivity index (χ3v) is 3.54. The molecule has 19 heavy (non-hydrogen) atoms. The van der Waals surface area contributed by atoms with Crippen LogP contribution < -0.4 is 0 Å². The highest BCUT2D eigenvalue weighted by atomic mass is 16.5. The van der Waals surface area contributed by atoms with Crippen LogP contribution in [0.25, 0.3) is 0 Å². The number of Topliss-reactive ketones (excluding diaryl/α,β-unsaturated/α-hetero) is 1. The molecule has 0 bridgehead atoms. The van der Waals surface area contributed by atoms with E-state index in [2.05, 4.69) is 27.7 Å². The third kappa shape index (κ3) is 3.90. The molecule has 1 heterocycles. The zero-order chi connectivity index (χ0) is 14.0. The molecule has 1 aromatic rings. The molecule has 0 fully saturated rings. The predicted octanol–water partition coefficient (Wildman–Crippen LogP) is 4.36. The summed E-state index contributed by atoms with van der Waals surface area (Å²) in [7, 11) is 0. The Morgan fingerprint density at radius 3 is 2.63 bits per heavy atom. The first-order chi connectivity index (χ1) is 8.85. The fraction of sp³-hybridized carbons (Fsp3) is 0.588. The first-order valence-electron chi connectivity index (χ1n) is 7.08. The molecule has 0 amide bonds. The Morgan fingerprint density at radius 1 is 1.26 bits per heavy atom. The van der Waals surface area contributed by atoms with Gasteiger partial charge in [-0.3, -0.25) is 4.79 Å². The van der Waals surface area contributed by atoms with Gasteiger partial charge in [0.1, 0.15) is 0 Å². The van der Waals surface area contributed by atoms with Gasteiger partial charge in [-0.2, -0.15) is 0 Å². The van der Waals surface area contributed by atoms with Crippen molar-refractivity contribution >= 4 is 5.78 Å². The summed E-state index contributed by atoms with van der Waals surface area (Å²) in [6, 6.07) is 5.98. The molecule has 1 atom stereocenters. The van der Waals surface area contributed by atoms with E-state index in [1.807, 2.05) is 18.2 Å². The van der Waals surface area contributed by atoms with Crippen molar-refractivity contribution in [1.29, 1.82) is 0 Å². The van der Waals surface area contributed by atoms with E-state index in [4.69, 9.17) is 4.74 Å². The Labute approximate surface area is 116 Å². The smallest absolute Gasteiger partial charge is 0.163 e. The van der Waals surface area contributed by atoms with Crippen LogP contribution in [0.1, 0.15) is 62.0 Å². The van der Waals surface area contributed by atoms with Gasteiger partial charge < -0.3 is 4.74 Å². The first kappa shape index (κ1) is 14.3. The fourth-order valence-corrected chi connectivity index (χ4v) is 2.90. The van der Waals surface area contributed by atoms with Gasteiger partial charge in [0.2, 0.25) is 0 Å². The molecule has 0 saturated carbocycles. The van der Waals surface area contributed by atoms with E-state index >= 15 is 0 Å². The lowest BCUT2D eigenvalue weighted by molar-refractivity contribution is 0.0954. The molecule has 0 aliphatic carbocycles. The van der Waals surface area contributed by atoms with Crippen molar-refractivity contribution in [2.24, 2.45) is 11.3 Å². The molecule has 2 rings (SSSR count). The molecule has 2 heteroatoms. The van der Waals surface area contributed by atoms with E-state index in [0.29, 0.717) is 25.6 Å². The molecule has 1 aromatic carbocycles. The van der Waals surface area contributed by atoms with Gasteiger partial charge in [-0.15, -0.1) is 0 Å². The Bertz CT molecular complexity index is 469. The molecule has 0 aromatic heterocycles. The van der Waals surface area contributed by atoms with Crippen LogP contribution in [-0.4, -0.2) is 5.78 Å². The van der Waals surface area contributed by atoms with Crippen molar-refractivity contribution in [3.05, 3.63) is 34.9 Å². The highest BCUT2D eigenvalue weighted by molar-refractivity contribution is 5.96. The lowest BCUT2D eigenvalue weighted by Crippen LogP contribution is -2.14. The molecule has 1 aliphatic heterocycles. The maximum Gasteiger partial charge on any atom is 0.163 e. The van der Waals surface area contributed by atoms with E-state index in [9.17, 15) is 4.79 Å². The highest BCUT2D eigenvalue weighted by Gasteiger charge is 2.19. The van der Waals surface area contributed by atoms with Crippen molar-refractivity contribution in [2.75, 3.05) is 0 Å². The second-order valence-corrected chi connectivity index (χ2v) is 6.97. The minimum absolute atomic E-state index is 0.256. The average molecular weight is 260 g/mol. The Kier molecular flexibility index (Phi) is 4.10. The van der Waals surface area contributed by atoms with Gasteiger partial charge in [0, 0.05) is 12.0 Å². The zero-order valence-corrected chi connectivity index (χ0v) is 12.5. The number of ether oxygens (including phenoxy) is 1. The average Bonchev–Trinajstić information content (AvgIpc) is 2.72. The van der Waals surface area contributed by atoms with Crippen LogP contribution in [0, 0.1) is 11.3 Å². The summed E-state index contributed by atoms with van der Waals surface area (Å²) in [6.07, 6.45) is 1.71. The van der Waals surface area contributed by atoms with E-state index in [0.717, 1.165) is 12.0 Å². The lowest BCUT2D eigenvalue weighted by Gasteiger charge is -2.22. The van der Waals surface area contributed by atoms with Crippen molar-refractivity contribution in [1.82, 2.24) is 0 Å². The fourth-order valence-electron chi connectivity index (χ4n) is 2.90. The topological polar surface area (TPSA) is 26.3 Å². The van der Waals surface area contributed by atoms with E-state index in [1.54, 1.807) is 0 Å². The molecule has 1 unspecified atom stereocenters. The predicted molar refractivity (Wildman–Crippen MR) is 77.1 cm³/mol. The largest absolute Gasteiger partial charge is 0.372 e. The molecule has 0 spiro atoms. The summed E-state index contributed by atoms with van der Waals surface area (Å²) in [5, 5.41) is 0. The van der Waals surface area contributed by atoms with E-state index in [-0.39, 0.29) is 11.2 Å². The van der Waals surface area contributed by atoms with Crippen molar-refractivity contribution in [3.63, 3.8) is 0 Å². The molecule has 0 N–H and O–H groups in total. The van der Waals surface area contributed by atoms with Crippen LogP contribution in [0.4, 0.5) is 0 Å². The van der Waals surface area contributed by atoms with Crippen LogP contribution in [0.5, 0.6) is 0 Å². The molecule has 1 aliphatic rings. The Morgan fingerprint density at radius 2 is 1.95 bits per heavy atom. The van der Waals surface area contributed by atoms with Crippen LogP contribution in [-0.2, 0) is 18.0 Å². The lowest BCUT2D eigenvalue weighted by atomic mass is 9.83. The van der Waals surface area contributed by atoms with E-state index < -0.39 is 0 Å². The van der Waals surface area contributed by atoms with Gasteiger partial charge in [-0.05, 0) is 34.9 Å². The number of carbonyl (C=O) groups excluding carboxylic acids is 1. The maximum atomic E-state index is 12.3. The number of benzene rings is 1. The maximum absolute atomic E-state index is 12.3. The Balaban J connectivity index is 2.00. The molecule has 104 valence electrons. The quantitative estimate of drug-likeness (QED) is 0.752. The van der Waals surface area contributed by atoms with Crippen LogP contribution in [0.3, 0.4) is 0 Å². The number of rotatable bonds is 4. The van der Waals surface area contributed by atoms with Gasteiger partial charge in [0.25, 0.3) is 0 Å². The van der Waals surface area contributed by atoms with Gasteiger partial charge in [-0.1, -0.05) is 39.8 Å². The summed E-state index contributed by atoms with van der Waals surface area (Å²) < 4.78 is 5.39. The molecular formula is C17H24O2. The van der Waals surface area contributed by atoms with Gasteiger partial charge in [0.05, 0.1) is 13.2 Å². The summed E-state index contributed by atoms with van der Waals surface area (Å²) in [4.78, 5) is 12.3. The minimum Gasteiger partial charge on any atom is -0.372 e. The normalized spacial score (nSPS) is 16.2. The van der Waals surface area contributed by atoms with Crippen molar-refractivity contribution in [3.8, 4) is 0 Å². The SMILES string of the molecule is CC(CC(=O)c1ccc2c(c1)COC2)CC(C)(C)C. The molecule has 2 nitrogen and oxygen atoms in total. The minimum atomic E-state index is 0.256. The summed E-state index contributed by atoms with van der Waals surface area (Å²) in [5.74, 6) is 0.684. The highest BCUT2D eigenvalue weighted by Crippen LogP contribution is 2.27. The number of hydrogen-bond acceptors (Lipinski definition) is 2. The first-order valence-corrected chi connectivity index (χ1v) is 7.08. The number of fused-ring (bicyclic) bond motifs is 1. The Hall–Kier alpha value is -1.15. The van der Waals surface area contributed by atoms with E-state index in [1.165, 1.54) is 11.1 Å². The molecule has 0 saturated heterocycles. The summed E-state index contributed by atoms with van der Waals surface area (Å²) in [5.41, 5.74) is 3.52. The van der Waals surface area contributed by atoms with Crippen LogP contribution in [0.2, 0.25) is 0 Å². The summed E-state index contributed by atoms with van der Waals surface area (Å²) in [6.45, 7) is 10.2. The van der Waals surface area contributed by atoms with Gasteiger partial charge in [-0.25, -0.2) is 0 Å². The monoisotopic (exact) mass is 260 g/mol. The second-order valence-electron chi connectivity index (χ2n) is 6.97. The zero-order valence-electron chi connectivity index (χ0n) is 12.5. The third-order valence-electron chi connectivity index (χ3n) is 3.54. The second kappa shape index (κ2) is 5.46. The number of ketones is 1. The van der Waals surface area contributed by atoms with Crippen LogP contribution in [0.15, 0.2) is 18.2 Å². The van der Waals surface area contributed by atoms with Gasteiger partial charge in [0.15, 0.2) is 5.78 Å². The van der Waals surface area contributed by atoms with Crippen molar-refractivity contribution in [2.45, 2.75) is 53.8 Å². The number of carbonyl (C=O) groups is 1. The van der Waals surface area contributed by atoms with Crippen LogP contribution >= 0.6 is 0 Å². The molecule has 0 radical (unpaired) electrons. The number of hydrogen-bond donors (Lipinski definition) is 0. The van der Waals surface area contributed by atoms with Gasteiger partial charge >= 0.3 is 0 Å². The summed E-state index contributed by atoms with van der Waals surface area (Å²) >= 11 is 0. The molecular weight excluding hydrogens is 236 g/mol. The van der Waals surface area contributed by atoms with Crippen molar-refractivity contribution < 1.29 is 9.53 Å².